The van der Waals surface area contributed by atoms with Crippen molar-refractivity contribution in [2.45, 2.75) is 51.7 Å². The number of fused-ring (bicyclic) bond motifs is 1. The van der Waals surface area contributed by atoms with Crippen LogP contribution in [0.15, 0.2) is 24.8 Å². The minimum atomic E-state index is -0.621. The summed E-state index contributed by atoms with van der Waals surface area (Å²) in [5, 5.41) is 3.38. The molecule has 3 aromatic rings. The van der Waals surface area contributed by atoms with Crippen LogP contribution in [-0.2, 0) is 23.8 Å². The van der Waals surface area contributed by atoms with Crippen LogP contribution in [0, 0.1) is 0 Å². The zero-order chi connectivity index (χ0) is 27.4. The van der Waals surface area contributed by atoms with E-state index in [1.807, 2.05) is 19.1 Å². The van der Waals surface area contributed by atoms with E-state index in [9.17, 15) is 9.59 Å². The summed E-state index contributed by atoms with van der Waals surface area (Å²) in [6.45, 7) is 4.56. The van der Waals surface area contributed by atoms with E-state index in [1.54, 1.807) is 32.2 Å². The molecule has 4 atom stereocenters. The van der Waals surface area contributed by atoms with E-state index in [2.05, 4.69) is 20.3 Å². The molecule has 38 heavy (non-hydrogen) atoms. The third-order valence-electron chi connectivity index (χ3n) is 6.16. The summed E-state index contributed by atoms with van der Waals surface area (Å²) in [7, 11) is 4.68. The molecule has 4 rings (SSSR count). The summed E-state index contributed by atoms with van der Waals surface area (Å²) < 4.78 is 34.7. The van der Waals surface area contributed by atoms with E-state index in [0.717, 1.165) is 5.56 Å². The van der Waals surface area contributed by atoms with Crippen LogP contribution >= 0.6 is 0 Å². The average Bonchev–Trinajstić information content (AvgIpc) is 3.50. The van der Waals surface area contributed by atoms with Gasteiger partial charge < -0.3 is 33.7 Å². The van der Waals surface area contributed by atoms with Gasteiger partial charge in [-0.25, -0.2) is 15.0 Å². The highest BCUT2D eigenvalue weighted by Crippen LogP contribution is 2.40. The Balaban J connectivity index is 1.59. The molecule has 204 valence electrons. The summed E-state index contributed by atoms with van der Waals surface area (Å²) in [5.74, 6) is 1.20. The largest absolute Gasteiger partial charge is 0.493 e. The third-order valence-corrected chi connectivity index (χ3v) is 6.16. The van der Waals surface area contributed by atoms with E-state index >= 15 is 0 Å². The topological polar surface area (TPSA) is 145 Å². The van der Waals surface area contributed by atoms with E-state index in [0.29, 0.717) is 40.7 Å². The molecule has 3 heterocycles. The number of esters is 2. The fraction of sp³-hybridized carbons (Fsp3) is 0.480. The molecule has 1 aliphatic heterocycles. The lowest BCUT2D eigenvalue weighted by Crippen LogP contribution is -2.31. The second kappa shape index (κ2) is 11.5. The van der Waals surface area contributed by atoms with Gasteiger partial charge in [0.2, 0.25) is 5.75 Å². The van der Waals surface area contributed by atoms with Crippen molar-refractivity contribution in [2.24, 2.45) is 0 Å². The van der Waals surface area contributed by atoms with Gasteiger partial charge in [-0.3, -0.25) is 14.2 Å². The molecule has 2 aromatic heterocycles. The fourth-order valence-electron chi connectivity index (χ4n) is 4.37. The van der Waals surface area contributed by atoms with Gasteiger partial charge in [-0.1, -0.05) is 0 Å². The normalized spacial score (nSPS) is 19.6. The molecule has 0 amide bonds. The quantitative estimate of drug-likeness (QED) is 0.385. The molecular formula is C25H31N5O8. The molecule has 1 aliphatic rings. The molecule has 13 heteroatoms. The van der Waals surface area contributed by atoms with Crippen molar-refractivity contribution in [1.82, 2.24) is 19.5 Å². The maximum atomic E-state index is 11.6. The minimum absolute atomic E-state index is 0.0372. The number of hydrogen-bond donors (Lipinski definition) is 1. The van der Waals surface area contributed by atoms with Crippen molar-refractivity contribution in [1.29, 1.82) is 0 Å². The van der Waals surface area contributed by atoms with Crippen LogP contribution in [0.1, 0.15) is 45.0 Å². The molecule has 1 fully saturated rings. The lowest BCUT2D eigenvalue weighted by molar-refractivity contribution is -0.155. The monoisotopic (exact) mass is 529 g/mol. The third kappa shape index (κ3) is 5.57. The Bertz CT molecular complexity index is 1290. The van der Waals surface area contributed by atoms with Gasteiger partial charge in [-0.15, -0.1) is 0 Å². The molecule has 1 unspecified atom stereocenters. The number of anilines is 1. The van der Waals surface area contributed by atoms with Crippen molar-refractivity contribution >= 4 is 28.9 Å². The van der Waals surface area contributed by atoms with E-state index in [-0.39, 0.29) is 12.6 Å². The fourth-order valence-corrected chi connectivity index (χ4v) is 4.37. The number of aromatic nitrogens is 4. The van der Waals surface area contributed by atoms with Gasteiger partial charge in [0.1, 0.15) is 31.4 Å². The van der Waals surface area contributed by atoms with Gasteiger partial charge in [0.25, 0.3) is 0 Å². The van der Waals surface area contributed by atoms with E-state index in [1.165, 1.54) is 20.2 Å². The standard InChI is InChI=1S/C25H31N5O8/c1-13(16-7-18(33-4)23(35-6)19(8-16)34-5)29-24-22-25(27-11-26-24)30(12-28-22)21-9-17(37-15(3)32)20(38-21)10-36-14(2)31/h7-8,11-13,17,20-21H,9-10H2,1-6H3,(H,26,27,29)/t13?,17-,20-,21-/m1/s1. The number of hydrogen-bond acceptors (Lipinski definition) is 12. The molecular weight excluding hydrogens is 498 g/mol. The zero-order valence-electron chi connectivity index (χ0n) is 22.1. The van der Waals surface area contributed by atoms with Crippen LogP contribution in [0.2, 0.25) is 0 Å². The SMILES string of the molecule is COc1cc(C(C)Nc2ncnc3c2ncn3[C@H]2C[C@@H](OC(C)=O)[C@@H](COC(C)=O)O2)cc(OC)c1OC. The number of imidazole rings is 1. The maximum absolute atomic E-state index is 11.6. The summed E-state index contributed by atoms with van der Waals surface area (Å²) in [5.41, 5.74) is 1.93. The lowest BCUT2D eigenvalue weighted by Gasteiger charge is -2.19. The van der Waals surface area contributed by atoms with Crippen LogP contribution in [0.4, 0.5) is 5.82 Å². The number of benzene rings is 1. The number of nitrogens with one attached hydrogen (secondary N) is 1. The van der Waals surface area contributed by atoms with Crippen molar-refractivity contribution in [3.05, 3.63) is 30.4 Å². The first-order valence-electron chi connectivity index (χ1n) is 12.0. The Kier molecular flexibility index (Phi) is 8.15. The second-order valence-corrected chi connectivity index (χ2v) is 8.69. The van der Waals surface area contributed by atoms with Gasteiger partial charge in [0.15, 0.2) is 28.5 Å². The predicted molar refractivity (Wildman–Crippen MR) is 134 cm³/mol. The Morgan fingerprint density at radius 3 is 2.39 bits per heavy atom. The Morgan fingerprint density at radius 2 is 1.79 bits per heavy atom. The van der Waals surface area contributed by atoms with Crippen molar-refractivity contribution in [2.75, 3.05) is 33.3 Å². The number of nitrogens with zero attached hydrogens (tertiary/aromatic N) is 4. The summed E-state index contributed by atoms with van der Waals surface area (Å²) >= 11 is 0. The molecule has 0 bridgehead atoms. The molecule has 0 spiro atoms. The molecule has 1 saturated heterocycles. The van der Waals surface area contributed by atoms with Gasteiger partial charge >= 0.3 is 11.9 Å². The number of rotatable bonds is 10. The average molecular weight is 530 g/mol. The Hall–Kier alpha value is -4.13. The Morgan fingerprint density at radius 1 is 1.08 bits per heavy atom. The minimum Gasteiger partial charge on any atom is -0.493 e. The van der Waals surface area contributed by atoms with Gasteiger partial charge in [0.05, 0.1) is 33.7 Å². The van der Waals surface area contributed by atoms with Gasteiger partial charge in [0, 0.05) is 20.3 Å². The predicted octanol–water partition coefficient (Wildman–Crippen LogP) is 2.81. The lowest BCUT2D eigenvalue weighted by atomic mass is 10.1. The summed E-state index contributed by atoms with van der Waals surface area (Å²) in [6.07, 6.45) is 1.61. The van der Waals surface area contributed by atoms with Gasteiger partial charge in [-0.2, -0.15) is 0 Å². The highest BCUT2D eigenvalue weighted by atomic mass is 16.6. The van der Waals surface area contributed by atoms with Crippen LogP contribution in [-0.4, -0.2) is 71.6 Å². The smallest absolute Gasteiger partial charge is 0.303 e. The number of methoxy groups -OCH3 is 3. The first-order chi connectivity index (χ1) is 18.2. The van der Waals surface area contributed by atoms with Crippen LogP contribution in [0.25, 0.3) is 11.2 Å². The highest BCUT2D eigenvalue weighted by molar-refractivity contribution is 5.83. The Labute approximate surface area is 219 Å². The first-order valence-corrected chi connectivity index (χ1v) is 12.0. The van der Waals surface area contributed by atoms with Gasteiger partial charge in [-0.05, 0) is 24.6 Å². The first kappa shape index (κ1) is 26.9. The summed E-state index contributed by atoms with van der Waals surface area (Å²) in [4.78, 5) is 36.2. The van der Waals surface area contributed by atoms with Crippen molar-refractivity contribution in [3.8, 4) is 17.2 Å². The molecule has 0 saturated carbocycles. The molecule has 1 aromatic carbocycles. The van der Waals surface area contributed by atoms with E-state index < -0.39 is 30.4 Å². The van der Waals surface area contributed by atoms with Crippen LogP contribution in [0.3, 0.4) is 0 Å². The molecule has 1 N–H and O–H groups in total. The van der Waals surface area contributed by atoms with Crippen molar-refractivity contribution in [3.63, 3.8) is 0 Å². The zero-order valence-corrected chi connectivity index (χ0v) is 22.1. The highest BCUT2D eigenvalue weighted by Gasteiger charge is 2.40. The van der Waals surface area contributed by atoms with Crippen LogP contribution in [0.5, 0.6) is 17.2 Å². The maximum Gasteiger partial charge on any atom is 0.303 e. The molecule has 0 radical (unpaired) electrons. The summed E-state index contributed by atoms with van der Waals surface area (Å²) in [6, 6.07) is 3.51. The number of carbonyl (C=O) groups is 2. The number of ether oxygens (including phenoxy) is 6. The molecule has 13 nitrogen and oxygen atoms in total. The van der Waals surface area contributed by atoms with Crippen molar-refractivity contribution < 1.29 is 38.0 Å². The second-order valence-electron chi connectivity index (χ2n) is 8.69. The number of carbonyl (C=O) groups excluding carboxylic acids is 2. The molecule has 0 aliphatic carbocycles. The van der Waals surface area contributed by atoms with Crippen LogP contribution < -0.4 is 19.5 Å². The van der Waals surface area contributed by atoms with E-state index in [4.69, 9.17) is 28.4 Å².